The minimum atomic E-state index is -0.438. The van der Waals surface area contributed by atoms with Gasteiger partial charge in [0.05, 0.1) is 10.6 Å². The van der Waals surface area contributed by atoms with E-state index < -0.39 is 4.92 Å². The number of allylic oxidation sites excluding steroid dienone is 2. The van der Waals surface area contributed by atoms with E-state index in [0.717, 1.165) is 31.2 Å². The number of amides is 1. The number of hydrogen-bond acceptors (Lipinski definition) is 3. The van der Waals surface area contributed by atoms with Gasteiger partial charge in [-0.3, -0.25) is 14.9 Å². The van der Waals surface area contributed by atoms with Crippen molar-refractivity contribution in [2.45, 2.75) is 32.6 Å². The van der Waals surface area contributed by atoms with E-state index >= 15 is 0 Å². The molecule has 2 aliphatic rings. The zero-order valence-corrected chi connectivity index (χ0v) is 12.6. The Kier molecular flexibility index (Phi) is 3.96. The number of carbonyl (C=O) groups excluding carboxylic acids is 1. The van der Waals surface area contributed by atoms with Gasteiger partial charge in [0, 0.05) is 18.1 Å². The maximum atomic E-state index is 12.5. The third-order valence-electron chi connectivity index (χ3n) is 4.82. The van der Waals surface area contributed by atoms with Crippen LogP contribution in [0.3, 0.4) is 0 Å². The summed E-state index contributed by atoms with van der Waals surface area (Å²) in [6.07, 6.45) is 8.62. The van der Waals surface area contributed by atoms with E-state index in [9.17, 15) is 14.9 Å². The summed E-state index contributed by atoms with van der Waals surface area (Å²) in [5, 5.41) is 13.8. The van der Waals surface area contributed by atoms with Crippen molar-refractivity contribution >= 4 is 17.3 Å². The van der Waals surface area contributed by atoms with Crippen molar-refractivity contribution < 1.29 is 9.72 Å². The molecule has 22 heavy (non-hydrogen) atoms. The van der Waals surface area contributed by atoms with E-state index in [0.29, 0.717) is 17.5 Å². The van der Waals surface area contributed by atoms with Gasteiger partial charge in [-0.1, -0.05) is 18.2 Å². The number of rotatable bonds is 3. The number of aryl methyl sites for hydroxylation is 1. The van der Waals surface area contributed by atoms with Crippen molar-refractivity contribution in [1.82, 2.24) is 0 Å². The molecule has 1 saturated carbocycles. The van der Waals surface area contributed by atoms with Crippen molar-refractivity contribution in [2.75, 3.05) is 5.32 Å². The molecule has 5 heteroatoms. The van der Waals surface area contributed by atoms with Gasteiger partial charge < -0.3 is 5.32 Å². The zero-order valence-electron chi connectivity index (χ0n) is 12.6. The van der Waals surface area contributed by atoms with E-state index in [2.05, 4.69) is 17.5 Å². The van der Waals surface area contributed by atoms with Crippen LogP contribution < -0.4 is 5.32 Å². The molecule has 0 heterocycles. The molecule has 116 valence electrons. The highest BCUT2D eigenvalue weighted by Gasteiger charge is 2.53. The Morgan fingerprint density at radius 3 is 2.45 bits per heavy atom. The van der Waals surface area contributed by atoms with Crippen LogP contribution >= 0.6 is 0 Å². The largest absolute Gasteiger partial charge is 0.325 e. The molecule has 1 amide bonds. The van der Waals surface area contributed by atoms with Crippen LogP contribution in [0.4, 0.5) is 11.4 Å². The highest BCUT2D eigenvalue weighted by atomic mass is 16.6. The van der Waals surface area contributed by atoms with Crippen LogP contribution in [0.5, 0.6) is 0 Å². The lowest BCUT2D eigenvalue weighted by Crippen LogP contribution is -2.16. The quantitative estimate of drug-likeness (QED) is 0.524. The van der Waals surface area contributed by atoms with Gasteiger partial charge in [0.2, 0.25) is 5.91 Å². The summed E-state index contributed by atoms with van der Waals surface area (Å²) in [4.78, 5) is 22.9. The third-order valence-corrected chi connectivity index (χ3v) is 4.82. The van der Waals surface area contributed by atoms with Crippen molar-refractivity contribution in [2.24, 2.45) is 17.8 Å². The Morgan fingerprint density at radius 2 is 1.86 bits per heavy atom. The Morgan fingerprint density at radius 1 is 1.23 bits per heavy atom. The minimum absolute atomic E-state index is 0.00640. The molecule has 1 fully saturated rings. The second-order valence-electron chi connectivity index (χ2n) is 6.23. The van der Waals surface area contributed by atoms with Crippen LogP contribution in [0.2, 0.25) is 0 Å². The average Bonchev–Trinajstić information content (AvgIpc) is 3.12. The molecule has 0 aromatic heterocycles. The summed E-state index contributed by atoms with van der Waals surface area (Å²) in [7, 11) is 0. The lowest BCUT2D eigenvalue weighted by molar-refractivity contribution is -0.384. The predicted molar refractivity (Wildman–Crippen MR) is 84.5 cm³/mol. The fourth-order valence-corrected chi connectivity index (χ4v) is 3.51. The summed E-state index contributed by atoms with van der Waals surface area (Å²) in [6, 6.07) is 4.58. The number of non-ortho nitro benzene ring substituents is 1. The van der Waals surface area contributed by atoms with Gasteiger partial charge in [0.15, 0.2) is 0 Å². The van der Waals surface area contributed by atoms with Gasteiger partial charge in [-0.05, 0) is 50.0 Å². The Bertz CT molecular complexity index is 623. The van der Waals surface area contributed by atoms with Gasteiger partial charge in [0.1, 0.15) is 0 Å². The first-order valence-electron chi connectivity index (χ1n) is 7.79. The van der Waals surface area contributed by atoms with Crippen molar-refractivity contribution in [3.63, 3.8) is 0 Å². The SMILES string of the molecule is Cc1ccc([N+](=O)[O-])cc1NC(=O)C1C2CC/C=C\CCC21. The molecule has 3 rings (SSSR count). The number of nitrogens with one attached hydrogen (secondary N) is 1. The van der Waals surface area contributed by atoms with Crippen LogP contribution in [0.15, 0.2) is 30.4 Å². The van der Waals surface area contributed by atoms with E-state index in [4.69, 9.17) is 0 Å². The molecule has 0 radical (unpaired) electrons. The first kappa shape index (κ1) is 14.8. The van der Waals surface area contributed by atoms with Gasteiger partial charge in [-0.25, -0.2) is 0 Å². The number of nitrogens with zero attached hydrogens (tertiary/aromatic N) is 1. The summed E-state index contributed by atoms with van der Waals surface area (Å²) >= 11 is 0. The molecule has 0 saturated heterocycles. The van der Waals surface area contributed by atoms with Crippen LogP contribution in [-0.4, -0.2) is 10.8 Å². The van der Waals surface area contributed by atoms with Gasteiger partial charge in [-0.15, -0.1) is 0 Å². The molecule has 2 atom stereocenters. The van der Waals surface area contributed by atoms with Crippen LogP contribution in [-0.2, 0) is 4.79 Å². The standard InChI is InChI=1S/C17H20N2O3/c1-11-8-9-12(19(21)22)10-15(11)18-17(20)16-13-6-4-2-3-5-7-14(13)16/h2-3,8-10,13-14,16H,4-7H2,1H3,(H,18,20)/b3-2-. The lowest BCUT2D eigenvalue weighted by atomic mass is 10.1. The monoisotopic (exact) mass is 300 g/mol. The van der Waals surface area contributed by atoms with Gasteiger partial charge in [0.25, 0.3) is 5.69 Å². The first-order valence-corrected chi connectivity index (χ1v) is 7.79. The number of fused-ring (bicyclic) bond motifs is 1. The second-order valence-corrected chi connectivity index (χ2v) is 6.23. The molecule has 2 unspecified atom stereocenters. The number of nitro benzene ring substituents is 1. The number of carbonyl (C=O) groups is 1. The molecule has 5 nitrogen and oxygen atoms in total. The maximum Gasteiger partial charge on any atom is 0.271 e. The van der Waals surface area contributed by atoms with E-state index in [1.807, 2.05) is 6.92 Å². The molecule has 0 aliphatic heterocycles. The van der Waals surface area contributed by atoms with Crippen LogP contribution in [0, 0.1) is 34.8 Å². The fourth-order valence-electron chi connectivity index (χ4n) is 3.51. The molecular formula is C17H20N2O3. The van der Waals surface area contributed by atoms with Gasteiger partial charge in [-0.2, -0.15) is 0 Å². The summed E-state index contributed by atoms with van der Waals surface area (Å²) in [6.45, 7) is 1.85. The van der Waals surface area contributed by atoms with Crippen molar-refractivity contribution in [1.29, 1.82) is 0 Å². The summed E-state index contributed by atoms with van der Waals surface area (Å²) < 4.78 is 0. The molecule has 1 aromatic rings. The highest BCUT2D eigenvalue weighted by molar-refractivity contribution is 5.95. The van der Waals surface area contributed by atoms with Crippen molar-refractivity contribution in [3.8, 4) is 0 Å². The van der Waals surface area contributed by atoms with Crippen LogP contribution in [0.25, 0.3) is 0 Å². The minimum Gasteiger partial charge on any atom is -0.325 e. The molecule has 0 bridgehead atoms. The Labute approximate surface area is 129 Å². The topological polar surface area (TPSA) is 72.2 Å². The maximum absolute atomic E-state index is 12.5. The zero-order chi connectivity index (χ0) is 15.7. The Balaban J connectivity index is 1.70. The second kappa shape index (κ2) is 5.91. The lowest BCUT2D eigenvalue weighted by Gasteiger charge is -2.08. The van der Waals surface area contributed by atoms with E-state index in [1.165, 1.54) is 12.1 Å². The molecule has 2 aliphatic carbocycles. The molecular weight excluding hydrogens is 280 g/mol. The summed E-state index contributed by atoms with van der Waals surface area (Å²) in [5.74, 6) is 1.03. The fraction of sp³-hybridized carbons (Fsp3) is 0.471. The molecule has 0 spiro atoms. The van der Waals surface area contributed by atoms with E-state index in [-0.39, 0.29) is 17.5 Å². The van der Waals surface area contributed by atoms with Crippen molar-refractivity contribution in [3.05, 3.63) is 46.0 Å². The number of benzene rings is 1. The van der Waals surface area contributed by atoms with Gasteiger partial charge >= 0.3 is 0 Å². The number of nitro groups is 1. The number of anilines is 1. The smallest absolute Gasteiger partial charge is 0.271 e. The first-order chi connectivity index (χ1) is 10.6. The summed E-state index contributed by atoms with van der Waals surface area (Å²) in [5.41, 5.74) is 1.40. The number of hydrogen-bond donors (Lipinski definition) is 1. The van der Waals surface area contributed by atoms with Crippen LogP contribution in [0.1, 0.15) is 31.2 Å². The van der Waals surface area contributed by atoms with E-state index in [1.54, 1.807) is 6.07 Å². The molecule has 1 N–H and O–H groups in total. The molecule has 1 aromatic carbocycles. The highest BCUT2D eigenvalue weighted by Crippen LogP contribution is 2.53. The third kappa shape index (κ3) is 2.89. The normalized spacial score (nSPS) is 28.0. The predicted octanol–water partition coefficient (Wildman–Crippen LogP) is 3.83. The Hall–Kier alpha value is -2.17. The average molecular weight is 300 g/mol.